The number of fused-ring (bicyclic) bond motifs is 2. The molecule has 5 nitrogen and oxygen atoms in total. The van der Waals surface area contributed by atoms with E-state index in [1.807, 2.05) is 13.8 Å². The van der Waals surface area contributed by atoms with E-state index in [-0.39, 0.29) is 23.9 Å². The second-order valence-electron chi connectivity index (χ2n) is 7.25. The molecule has 3 atom stereocenters. The first-order valence-electron chi connectivity index (χ1n) is 8.28. The summed E-state index contributed by atoms with van der Waals surface area (Å²) in [5.41, 5.74) is 0. The molecule has 1 N–H and O–H groups in total. The van der Waals surface area contributed by atoms with E-state index >= 15 is 0 Å². The summed E-state index contributed by atoms with van der Waals surface area (Å²) in [5.74, 6) is 0.580. The minimum Gasteiger partial charge on any atom is -0.305 e. The molecule has 0 saturated carbocycles. The van der Waals surface area contributed by atoms with Crippen molar-refractivity contribution in [1.29, 1.82) is 0 Å². The van der Waals surface area contributed by atoms with E-state index in [2.05, 4.69) is 17.3 Å². The van der Waals surface area contributed by atoms with Gasteiger partial charge in [-0.3, -0.25) is 14.5 Å². The Kier molecular flexibility index (Phi) is 4.06. The molecule has 3 fully saturated rings. The minimum atomic E-state index is -0.294. The van der Waals surface area contributed by atoms with Gasteiger partial charge in [-0.05, 0) is 59.0 Å². The predicted molar refractivity (Wildman–Crippen MR) is 80.7 cm³/mol. The Bertz CT molecular complexity index is 423. The van der Waals surface area contributed by atoms with Gasteiger partial charge in [-0.2, -0.15) is 0 Å². The summed E-state index contributed by atoms with van der Waals surface area (Å²) in [4.78, 5) is 28.1. The fourth-order valence-electron chi connectivity index (χ4n) is 4.35. The van der Waals surface area contributed by atoms with Crippen molar-refractivity contribution < 1.29 is 9.59 Å². The van der Waals surface area contributed by atoms with E-state index in [1.54, 1.807) is 0 Å². The molecule has 3 aliphatic heterocycles. The molecule has 2 amide bonds. The van der Waals surface area contributed by atoms with Crippen LogP contribution in [0.5, 0.6) is 0 Å². The average molecular weight is 293 g/mol. The lowest BCUT2D eigenvalue weighted by molar-refractivity contribution is -0.140. The lowest BCUT2D eigenvalue weighted by atomic mass is 9.91. The first-order chi connectivity index (χ1) is 9.97. The van der Waals surface area contributed by atoms with Crippen LogP contribution in [0.2, 0.25) is 0 Å². The van der Waals surface area contributed by atoms with Crippen LogP contribution >= 0.6 is 0 Å². The second-order valence-corrected chi connectivity index (χ2v) is 7.25. The quantitative estimate of drug-likeness (QED) is 0.785. The van der Waals surface area contributed by atoms with Crippen molar-refractivity contribution in [3.63, 3.8) is 0 Å². The van der Waals surface area contributed by atoms with Crippen LogP contribution in [0.15, 0.2) is 0 Å². The van der Waals surface area contributed by atoms with Crippen LogP contribution in [0.25, 0.3) is 0 Å². The summed E-state index contributed by atoms with van der Waals surface area (Å²) in [6, 6.07) is 1.13. The lowest BCUT2D eigenvalue weighted by Crippen LogP contribution is -2.46. The molecule has 0 aromatic heterocycles. The van der Waals surface area contributed by atoms with Gasteiger partial charge in [0.15, 0.2) is 0 Å². The van der Waals surface area contributed by atoms with Crippen LogP contribution in [0, 0.1) is 5.92 Å². The van der Waals surface area contributed by atoms with Gasteiger partial charge in [0.2, 0.25) is 11.8 Å². The normalized spacial score (nSPS) is 37.0. The Morgan fingerprint density at radius 1 is 1.19 bits per heavy atom. The number of carbonyl (C=O) groups excluding carboxylic acids is 2. The molecule has 3 rings (SSSR count). The number of piperidine rings is 1. The summed E-state index contributed by atoms with van der Waals surface area (Å²) >= 11 is 0. The molecule has 3 aliphatic rings. The van der Waals surface area contributed by atoms with E-state index in [1.165, 1.54) is 30.6 Å². The molecule has 3 heterocycles. The second kappa shape index (κ2) is 5.69. The molecular weight excluding hydrogens is 266 g/mol. The number of amides is 2. The number of imide groups is 1. The van der Waals surface area contributed by atoms with Gasteiger partial charge in [-0.25, -0.2) is 0 Å². The molecule has 5 heteroatoms. The van der Waals surface area contributed by atoms with Crippen molar-refractivity contribution in [3.05, 3.63) is 0 Å². The number of likely N-dealkylation sites (tertiary alicyclic amines) is 1. The van der Waals surface area contributed by atoms with Crippen LogP contribution in [0.4, 0.5) is 0 Å². The van der Waals surface area contributed by atoms with Gasteiger partial charge in [0.25, 0.3) is 0 Å². The van der Waals surface area contributed by atoms with E-state index in [9.17, 15) is 9.59 Å². The number of nitrogens with one attached hydrogen (secondary N) is 1. The maximum Gasteiger partial charge on any atom is 0.247 e. The summed E-state index contributed by atoms with van der Waals surface area (Å²) in [5, 5.41) is 3.37. The number of carbonyl (C=O) groups is 2. The third kappa shape index (κ3) is 2.73. The Morgan fingerprint density at radius 3 is 2.33 bits per heavy atom. The molecule has 0 aromatic rings. The predicted octanol–water partition coefficient (Wildman–Crippen LogP) is 0.985. The zero-order chi connectivity index (χ0) is 15.1. The maximum absolute atomic E-state index is 12.3. The third-order valence-corrected chi connectivity index (χ3v) is 5.55. The van der Waals surface area contributed by atoms with Crippen LogP contribution < -0.4 is 5.32 Å². The molecule has 2 bridgehead atoms. The third-order valence-electron chi connectivity index (χ3n) is 5.55. The first kappa shape index (κ1) is 15.0. The fraction of sp³-hybridized carbons (Fsp3) is 0.875. The average Bonchev–Trinajstić information content (AvgIpc) is 2.81. The standard InChI is InChI=1S/C16H27N3O2/c1-10(2)19-15(20)8-14(16(19)21)17-9-11-6-12-4-5-13(7-11)18(12)3/h10-14,17H,4-9H2,1-3H3. The van der Waals surface area contributed by atoms with Gasteiger partial charge in [0.05, 0.1) is 12.5 Å². The van der Waals surface area contributed by atoms with Crippen molar-refractivity contribution >= 4 is 11.8 Å². The highest BCUT2D eigenvalue weighted by Gasteiger charge is 2.41. The SMILES string of the molecule is CC(C)N1C(=O)CC(NCC2CC3CCC(C2)N3C)C1=O. The van der Waals surface area contributed by atoms with E-state index < -0.39 is 0 Å². The molecule has 3 unspecified atom stereocenters. The van der Waals surface area contributed by atoms with Crippen LogP contribution in [-0.4, -0.2) is 59.4 Å². The maximum atomic E-state index is 12.3. The Labute approximate surface area is 127 Å². The molecular formula is C16H27N3O2. The first-order valence-corrected chi connectivity index (χ1v) is 8.28. The number of hydrogen-bond acceptors (Lipinski definition) is 4. The zero-order valence-corrected chi connectivity index (χ0v) is 13.3. The van der Waals surface area contributed by atoms with Crippen molar-refractivity contribution in [2.75, 3.05) is 13.6 Å². The highest BCUT2D eigenvalue weighted by molar-refractivity contribution is 6.05. The van der Waals surface area contributed by atoms with Crippen LogP contribution in [-0.2, 0) is 9.59 Å². The largest absolute Gasteiger partial charge is 0.305 e. The summed E-state index contributed by atoms with van der Waals surface area (Å²) < 4.78 is 0. The Morgan fingerprint density at radius 2 is 1.81 bits per heavy atom. The van der Waals surface area contributed by atoms with Crippen LogP contribution in [0.3, 0.4) is 0 Å². The number of nitrogens with zero attached hydrogens (tertiary/aromatic N) is 2. The molecule has 0 aliphatic carbocycles. The van der Waals surface area contributed by atoms with Gasteiger partial charge in [-0.1, -0.05) is 0 Å². The smallest absolute Gasteiger partial charge is 0.247 e. The van der Waals surface area contributed by atoms with E-state index in [0.29, 0.717) is 12.3 Å². The van der Waals surface area contributed by atoms with Gasteiger partial charge in [0.1, 0.15) is 0 Å². The van der Waals surface area contributed by atoms with E-state index in [0.717, 1.165) is 18.6 Å². The summed E-state index contributed by atoms with van der Waals surface area (Å²) in [6.07, 6.45) is 5.42. The highest BCUT2D eigenvalue weighted by atomic mass is 16.2. The highest BCUT2D eigenvalue weighted by Crippen LogP contribution is 2.37. The van der Waals surface area contributed by atoms with Crippen LogP contribution in [0.1, 0.15) is 46.0 Å². The van der Waals surface area contributed by atoms with E-state index in [4.69, 9.17) is 0 Å². The Balaban J connectivity index is 1.52. The number of rotatable bonds is 4. The lowest BCUT2D eigenvalue weighted by Gasteiger charge is -2.36. The van der Waals surface area contributed by atoms with Gasteiger partial charge in [0, 0.05) is 18.1 Å². The van der Waals surface area contributed by atoms with Gasteiger partial charge in [-0.15, -0.1) is 0 Å². The van der Waals surface area contributed by atoms with Crippen molar-refractivity contribution in [2.24, 2.45) is 5.92 Å². The molecule has 118 valence electrons. The fourth-order valence-corrected chi connectivity index (χ4v) is 4.35. The Hall–Kier alpha value is -0.940. The van der Waals surface area contributed by atoms with Crippen molar-refractivity contribution in [2.45, 2.75) is 70.1 Å². The van der Waals surface area contributed by atoms with Gasteiger partial charge >= 0.3 is 0 Å². The summed E-state index contributed by atoms with van der Waals surface area (Å²) in [7, 11) is 2.24. The minimum absolute atomic E-state index is 0.0315. The van der Waals surface area contributed by atoms with Crippen molar-refractivity contribution in [1.82, 2.24) is 15.1 Å². The summed E-state index contributed by atoms with van der Waals surface area (Å²) in [6.45, 7) is 4.66. The molecule has 0 aromatic carbocycles. The molecule has 21 heavy (non-hydrogen) atoms. The zero-order valence-electron chi connectivity index (χ0n) is 13.3. The van der Waals surface area contributed by atoms with Crippen molar-refractivity contribution in [3.8, 4) is 0 Å². The topological polar surface area (TPSA) is 52.7 Å². The molecule has 0 spiro atoms. The molecule has 0 radical (unpaired) electrons. The molecule has 3 saturated heterocycles. The monoisotopic (exact) mass is 293 g/mol. The number of hydrogen-bond donors (Lipinski definition) is 1. The van der Waals surface area contributed by atoms with Gasteiger partial charge < -0.3 is 10.2 Å².